The molecule has 0 saturated heterocycles. The molecule has 3 rings (SSSR count). The summed E-state index contributed by atoms with van der Waals surface area (Å²) in [4.78, 5) is 12.6. The number of hydrogen-bond acceptors (Lipinski definition) is 4. The van der Waals surface area contributed by atoms with Crippen molar-refractivity contribution in [2.24, 2.45) is 17.8 Å². The zero-order valence-electron chi connectivity index (χ0n) is 24.1. The maximum absolute atomic E-state index is 12.6. The van der Waals surface area contributed by atoms with Crippen LogP contribution in [0.15, 0.2) is 48.5 Å². The molecule has 0 amide bonds. The molecule has 2 aromatic carbocycles. The molecule has 0 radical (unpaired) electrons. The van der Waals surface area contributed by atoms with Gasteiger partial charge in [-0.15, -0.1) is 0 Å². The fraction of sp³-hybridized carbons (Fsp3) is 0.618. The molecule has 0 spiro atoms. The summed E-state index contributed by atoms with van der Waals surface area (Å²) in [6.07, 6.45) is 17.0. The number of ether oxygens (including phenoxy) is 3. The smallest absolute Gasteiger partial charge is 0.343 e. The van der Waals surface area contributed by atoms with Gasteiger partial charge >= 0.3 is 5.97 Å². The van der Waals surface area contributed by atoms with Crippen molar-refractivity contribution in [1.29, 1.82) is 0 Å². The van der Waals surface area contributed by atoms with Crippen molar-refractivity contribution in [3.8, 4) is 17.2 Å². The topological polar surface area (TPSA) is 44.8 Å². The van der Waals surface area contributed by atoms with Crippen LogP contribution in [0, 0.1) is 17.8 Å². The van der Waals surface area contributed by atoms with Crippen LogP contribution >= 0.6 is 0 Å². The molecule has 1 aliphatic rings. The molecule has 1 atom stereocenters. The molecule has 1 aliphatic carbocycles. The van der Waals surface area contributed by atoms with Crippen molar-refractivity contribution in [3.05, 3.63) is 54.1 Å². The van der Waals surface area contributed by atoms with E-state index in [0.717, 1.165) is 36.4 Å². The number of carbonyl (C=O) groups is 1. The number of esters is 1. The fourth-order valence-electron chi connectivity index (χ4n) is 5.22. The molecular weight excluding hydrogens is 472 g/mol. The summed E-state index contributed by atoms with van der Waals surface area (Å²) in [6, 6.07) is 14.6. The average Bonchev–Trinajstić information content (AvgIpc) is 2.95. The molecule has 0 heterocycles. The molecule has 2 aromatic rings. The van der Waals surface area contributed by atoms with Crippen molar-refractivity contribution < 1.29 is 19.0 Å². The normalized spacial score (nSPS) is 18.1. The van der Waals surface area contributed by atoms with Gasteiger partial charge in [-0.2, -0.15) is 0 Å². The second-order valence-corrected chi connectivity index (χ2v) is 11.3. The largest absolute Gasteiger partial charge is 0.494 e. The van der Waals surface area contributed by atoms with Crippen LogP contribution in [-0.4, -0.2) is 19.2 Å². The summed E-state index contributed by atoms with van der Waals surface area (Å²) < 4.78 is 17.4. The van der Waals surface area contributed by atoms with Crippen LogP contribution in [0.4, 0.5) is 0 Å². The molecule has 1 fully saturated rings. The third-order valence-corrected chi connectivity index (χ3v) is 8.10. The quantitative estimate of drug-likeness (QED) is 0.118. The molecular formula is C34H50O4. The van der Waals surface area contributed by atoms with Gasteiger partial charge in [0.25, 0.3) is 0 Å². The summed E-state index contributed by atoms with van der Waals surface area (Å²) in [6.45, 7) is 8.23. The lowest BCUT2D eigenvalue weighted by Gasteiger charge is -2.28. The molecule has 0 bridgehead atoms. The van der Waals surface area contributed by atoms with E-state index in [1.54, 1.807) is 24.3 Å². The summed E-state index contributed by atoms with van der Waals surface area (Å²) in [7, 11) is 0. The Morgan fingerprint density at radius 3 is 2.05 bits per heavy atom. The van der Waals surface area contributed by atoms with E-state index in [-0.39, 0.29) is 5.97 Å². The van der Waals surface area contributed by atoms with Gasteiger partial charge in [0.2, 0.25) is 0 Å². The summed E-state index contributed by atoms with van der Waals surface area (Å²) in [5, 5.41) is 0. The highest BCUT2D eigenvalue weighted by Gasteiger charge is 2.21. The fourth-order valence-corrected chi connectivity index (χ4v) is 5.22. The van der Waals surface area contributed by atoms with E-state index in [2.05, 4.69) is 20.8 Å². The maximum Gasteiger partial charge on any atom is 0.343 e. The number of carbonyl (C=O) groups excluding carboxylic acids is 1. The molecule has 4 nitrogen and oxygen atoms in total. The van der Waals surface area contributed by atoms with Gasteiger partial charge in [0.05, 0.1) is 18.8 Å². The van der Waals surface area contributed by atoms with E-state index in [0.29, 0.717) is 23.8 Å². The first-order valence-corrected chi connectivity index (χ1v) is 15.2. The first kappa shape index (κ1) is 30.1. The van der Waals surface area contributed by atoms with Gasteiger partial charge < -0.3 is 14.2 Å². The Morgan fingerprint density at radius 2 is 1.37 bits per heavy atom. The Hall–Kier alpha value is -2.49. The number of hydrogen-bond donors (Lipinski definition) is 0. The molecule has 210 valence electrons. The van der Waals surface area contributed by atoms with Gasteiger partial charge in [0.15, 0.2) is 0 Å². The van der Waals surface area contributed by atoms with E-state index in [4.69, 9.17) is 14.2 Å². The summed E-state index contributed by atoms with van der Waals surface area (Å²) in [5.74, 6) is 4.06. The Kier molecular flexibility index (Phi) is 13.6. The number of benzene rings is 2. The van der Waals surface area contributed by atoms with Crippen LogP contribution in [0.3, 0.4) is 0 Å². The van der Waals surface area contributed by atoms with E-state index in [1.165, 1.54) is 77.0 Å². The highest BCUT2D eigenvalue weighted by molar-refractivity contribution is 5.91. The lowest BCUT2D eigenvalue weighted by Crippen LogP contribution is -2.20. The standard InChI is InChI=1S/C34H50O4/c1-4-6-7-8-9-12-28-13-15-29(16-14-28)26-37-32-21-23-33(24-22-32)38-34(35)30-17-19-31(20-18-30)36-25-10-11-27(3)5-2/h17-24,27-29H,4-16,25-26H2,1-3H3/t27-,28-,29-/m0/s1. The van der Waals surface area contributed by atoms with Crippen LogP contribution < -0.4 is 14.2 Å². The molecule has 1 saturated carbocycles. The molecule has 0 aliphatic heterocycles. The maximum atomic E-state index is 12.6. The summed E-state index contributed by atoms with van der Waals surface area (Å²) in [5.41, 5.74) is 0.508. The van der Waals surface area contributed by atoms with Gasteiger partial charge in [-0.05, 0) is 92.0 Å². The Morgan fingerprint density at radius 1 is 0.763 bits per heavy atom. The zero-order chi connectivity index (χ0) is 27.0. The Balaban J connectivity index is 1.32. The minimum atomic E-state index is -0.371. The lowest BCUT2D eigenvalue weighted by atomic mass is 9.80. The lowest BCUT2D eigenvalue weighted by molar-refractivity contribution is 0.0734. The summed E-state index contributed by atoms with van der Waals surface area (Å²) >= 11 is 0. The van der Waals surface area contributed by atoms with Gasteiger partial charge in [-0.3, -0.25) is 0 Å². The number of rotatable bonds is 17. The molecule has 0 unspecified atom stereocenters. The highest BCUT2D eigenvalue weighted by Crippen LogP contribution is 2.32. The third kappa shape index (κ3) is 11.1. The monoisotopic (exact) mass is 522 g/mol. The van der Waals surface area contributed by atoms with Crippen molar-refractivity contribution in [1.82, 2.24) is 0 Å². The van der Waals surface area contributed by atoms with Gasteiger partial charge in [0, 0.05) is 0 Å². The van der Waals surface area contributed by atoms with Crippen LogP contribution in [0.2, 0.25) is 0 Å². The van der Waals surface area contributed by atoms with Gasteiger partial charge in [-0.25, -0.2) is 4.79 Å². The van der Waals surface area contributed by atoms with E-state index >= 15 is 0 Å². The van der Waals surface area contributed by atoms with Crippen LogP contribution in [-0.2, 0) is 0 Å². The molecule has 0 N–H and O–H groups in total. The van der Waals surface area contributed by atoms with Crippen LogP contribution in [0.25, 0.3) is 0 Å². The van der Waals surface area contributed by atoms with Crippen molar-refractivity contribution in [2.75, 3.05) is 13.2 Å². The van der Waals surface area contributed by atoms with Crippen molar-refractivity contribution in [2.45, 2.75) is 104 Å². The Bertz CT molecular complexity index is 897. The predicted molar refractivity (Wildman–Crippen MR) is 156 cm³/mol. The van der Waals surface area contributed by atoms with Gasteiger partial charge in [-0.1, -0.05) is 78.6 Å². The van der Waals surface area contributed by atoms with E-state index < -0.39 is 0 Å². The first-order chi connectivity index (χ1) is 18.6. The second kappa shape index (κ2) is 17.2. The second-order valence-electron chi connectivity index (χ2n) is 11.3. The zero-order valence-corrected chi connectivity index (χ0v) is 24.1. The molecule has 38 heavy (non-hydrogen) atoms. The highest BCUT2D eigenvalue weighted by atomic mass is 16.5. The van der Waals surface area contributed by atoms with E-state index in [1.807, 2.05) is 24.3 Å². The number of unbranched alkanes of at least 4 members (excludes halogenated alkanes) is 4. The Labute approximate surface area is 231 Å². The molecule has 0 aromatic heterocycles. The van der Waals surface area contributed by atoms with Crippen molar-refractivity contribution >= 4 is 5.97 Å². The van der Waals surface area contributed by atoms with Gasteiger partial charge in [0.1, 0.15) is 17.2 Å². The van der Waals surface area contributed by atoms with Crippen LogP contribution in [0.1, 0.15) is 115 Å². The average molecular weight is 523 g/mol. The van der Waals surface area contributed by atoms with E-state index in [9.17, 15) is 4.79 Å². The van der Waals surface area contributed by atoms with Crippen molar-refractivity contribution in [3.63, 3.8) is 0 Å². The van der Waals surface area contributed by atoms with Crippen LogP contribution in [0.5, 0.6) is 17.2 Å². The predicted octanol–water partition coefficient (Wildman–Crippen LogP) is 9.66. The third-order valence-electron chi connectivity index (χ3n) is 8.10. The minimum Gasteiger partial charge on any atom is -0.494 e. The first-order valence-electron chi connectivity index (χ1n) is 15.2. The minimum absolute atomic E-state index is 0.371. The molecule has 4 heteroatoms. The SMILES string of the molecule is CCCCCCC[C@H]1CC[C@H](COc2ccc(OC(=O)c3ccc(OCCC[C@@H](C)CC)cc3)cc2)CC1.